The minimum absolute atomic E-state index is 0.218. The fourth-order valence-corrected chi connectivity index (χ4v) is 9.10. The van der Waals surface area contributed by atoms with Gasteiger partial charge in [0.15, 0.2) is 0 Å². The molecule has 1 N–H and O–H groups in total. The lowest BCUT2D eigenvalue weighted by molar-refractivity contribution is -0.0115. The summed E-state index contributed by atoms with van der Waals surface area (Å²) in [6, 6.07) is 7.35. The van der Waals surface area contributed by atoms with Gasteiger partial charge in [-0.3, -0.25) is 0 Å². The average molecular weight is 457 g/mol. The van der Waals surface area contributed by atoms with Crippen molar-refractivity contribution < 1.29 is 4.79 Å². The molecule has 5 aliphatic carbocycles. The summed E-state index contributed by atoms with van der Waals surface area (Å²) in [5.74, 6) is 4.05. The topological polar surface area (TPSA) is 32.3 Å². The van der Waals surface area contributed by atoms with Crippen molar-refractivity contribution >= 4 is 22.0 Å². The van der Waals surface area contributed by atoms with E-state index < -0.39 is 0 Å². The molecule has 4 saturated carbocycles. The van der Waals surface area contributed by atoms with Gasteiger partial charge < -0.3 is 10.2 Å². The number of rotatable bonds is 1. The Balaban J connectivity index is 1.14. The second-order valence-electron chi connectivity index (χ2n) is 11.0. The molecular weight excluding hydrogens is 424 g/mol. The van der Waals surface area contributed by atoms with Gasteiger partial charge in [-0.15, -0.1) is 0 Å². The molecule has 1 spiro atoms. The molecule has 7 rings (SSSR count). The Bertz CT molecular complexity index is 800. The Morgan fingerprint density at radius 3 is 2.38 bits per heavy atom. The molecule has 1 aromatic rings. The van der Waals surface area contributed by atoms with Crippen molar-refractivity contribution in [3.05, 3.63) is 33.8 Å². The lowest BCUT2D eigenvalue weighted by Crippen LogP contribution is -2.59. The fraction of sp³-hybridized carbons (Fsp3) is 0.720. The standard InChI is InChI=1S/C25H33BrN2O/c1-15-14-25(22-20(15)3-2-4-21(22)26)5-7-28(8-6-25)24(29)27-23-18-10-16-9-17(12-18)13-19(23)11-16/h2-4,15-19,23H,5-14H2,1H3,(H,27,29). The Hall–Kier alpha value is -1.03. The molecule has 3 nitrogen and oxygen atoms in total. The van der Waals surface area contributed by atoms with Crippen LogP contribution in [0.5, 0.6) is 0 Å². The van der Waals surface area contributed by atoms with Crippen LogP contribution in [0.3, 0.4) is 0 Å². The monoisotopic (exact) mass is 456 g/mol. The van der Waals surface area contributed by atoms with E-state index in [-0.39, 0.29) is 11.4 Å². The van der Waals surface area contributed by atoms with Gasteiger partial charge in [-0.05, 0) is 98.1 Å². The number of benzene rings is 1. The summed E-state index contributed by atoms with van der Waals surface area (Å²) in [4.78, 5) is 15.3. The van der Waals surface area contributed by atoms with E-state index in [0.717, 1.165) is 49.6 Å². The maximum atomic E-state index is 13.2. The van der Waals surface area contributed by atoms with Crippen LogP contribution < -0.4 is 5.32 Å². The third-order valence-electron chi connectivity index (χ3n) is 9.33. The normalized spacial score (nSPS) is 39.0. The summed E-state index contributed by atoms with van der Waals surface area (Å²) in [6.45, 7) is 4.16. The summed E-state index contributed by atoms with van der Waals surface area (Å²) >= 11 is 3.84. The molecule has 5 fully saturated rings. The maximum Gasteiger partial charge on any atom is 0.317 e. The van der Waals surface area contributed by atoms with Gasteiger partial charge >= 0.3 is 6.03 Å². The summed E-state index contributed by atoms with van der Waals surface area (Å²) in [5, 5.41) is 3.53. The highest BCUT2D eigenvalue weighted by Gasteiger charge is 2.50. The van der Waals surface area contributed by atoms with Gasteiger partial charge in [-0.1, -0.05) is 35.0 Å². The van der Waals surface area contributed by atoms with E-state index in [4.69, 9.17) is 0 Å². The van der Waals surface area contributed by atoms with E-state index in [9.17, 15) is 4.79 Å². The molecule has 1 heterocycles. The van der Waals surface area contributed by atoms with Crippen molar-refractivity contribution in [2.45, 2.75) is 75.7 Å². The number of carbonyl (C=O) groups is 1. The zero-order valence-electron chi connectivity index (χ0n) is 17.5. The lowest BCUT2D eigenvalue weighted by Gasteiger charge is -2.54. The molecule has 6 aliphatic rings. The van der Waals surface area contributed by atoms with Gasteiger partial charge in [0.25, 0.3) is 0 Å². The molecule has 1 aromatic carbocycles. The van der Waals surface area contributed by atoms with E-state index in [1.165, 1.54) is 54.1 Å². The number of hydrogen-bond donors (Lipinski definition) is 1. The van der Waals surface area contributed by atoms with Crippen LogP contribution in [0.4, 0.5) is 4.79 Å². The maximum absolute atomic E-state index is 13.2. The molecule has 4 bridgehead atoms. The van der Waals surface area contributed by atoms with E-state index in [1.807, 2.05) is 0 Å². The molecule has 0 radical (unpaired) electrons. The SMILES string of the molecule is CC1CC2(CCN(C(=O)NC3C4CC5CC(C4)CC3C5)CC2)c2c(Br)cccc21. The van der Waals surface area contributed by atoms with Gasteiger partial charge in [-0.25, -0.2) is 4.79 Å². The van der Waals surface area contributed by atoms with Gasteiger partial charge in [0, 0.05) is 29.0 Å². The molecule has 1 unspecified atom stereocenters. The molecule has 156 valence electrons. The Kier molecular flexibility index (Phi) is 4.35. The minimum Gasteiger partial charge on any atom is -0.335 e. The number of nitrogens with one attached hydrogen (secondary N) is 1. The molecule has 1 saturated heterocycles. The summed E-state index contributed by atoms with van der Waals surface area (Å²) in [7, 11) is 0. The van der Waals surface area contributed by atoms with Crippen LogP contribution >= 0.6 is 15.9 Å². The number of amides is 2. The Labute approximate surface area is 183 Å². The molecule has 29 heavy (non-hydrogen) atoms. The van der Waals surface area contributed by atoms with Crippen LogP contribution in [0, 0.1) is 23.7 Å². The van der Waals surface area contributed by atoms with Crippen molar-refractivity contribution in [3.8, 4) is 0 Å². The van der Waals surface area contributed by atoms with Gasteiger partial charge in [0.05, 0.1) is 0 Å². The van der Waals surface area contributed by atoms with Crippen molar-refractivity contribution in [3.63, 3.8) is 0 Å². The predicted molar refractivity (Wildman–Crippen MR) is 119 cm³/mol. The summed E-state index contributed by atoms with van der Waals surface area (Å²) < 4.78 is 1.27. The van der Waals surface area contributed by atoms with Crippen molar-refractivity contribution in [1.82, 2.24) is 10.2 Å². The van der Waals surface area contributed by atoms with Crippen LogP contribution in [0.2, 0.25) is 0 Å². The lowest BCUT2D eigenvalue weighted by atomic mass is 9.54. The van der Waals surface area contributed by atoms with Crippen LogP contribution in [-0.2, 0) is 5.41 Å². The first kappa shape index (κ1) is 18.7. The number of carbonyl (C=O) groups excluding carboxylic acids is 1. The highest BCUT2D eigenvalue weighted by molar-refractivity contribution is 9.10. The minimum atomic E-state index is 0.218. The first-order valence-electron chi connectivity index (χ1n) is 11.9. The number of fused-ring (bicyclic) bond motifs is 2. The van der Waals surface area contributed by atoms with Crippen LogP contribution in [0.25, 0.3) is 0 Å². The largest absolute Gasteiger partial charge is 0.335 e. The average Bonchev–Trinajstić information content (AvgIpc) is 2.97. The number of nitrogens with zero attached hydrogens (tertiary/aromatic N) is 1. The third kappa shape index (κ3) is 2.91. The number of likely N-dealkylation sites (tertiary alicyclic amines) is 1. The van der Waals surface area contributed by atoms with Crippen molar-refractivity contribution in [1.29, 1.82) is 0 Å². The van der Waals surface area contributed by atoms with Crippen molar-refractivity contribution in [2.24, 2.45) is 23.7 Å². The molecule has 1 aliphatic heterocycles. The van der Waals surface area contributed by atoms with Crippen LogP contribution in [0.15, 0.2) is 22.7 Å². The number of hydrogen-bond acceptors (Lipinski definition) is 1. The molecule has 4 heteroatoms. The van der Waals surface area contributed by atoms with Crippen molar-refractivity contribution in [2.75, 3.05) is 13.1 Å². The zero-order chi connectivity index (χ0) is 19.8. The number of urea groups is 1. The summed E-state index contributed by atoms with van der Waals surface area (Å²) in [6.07, 6.45) is 10.4. The first-order chi connectivity index (χ1) is 14.0. The quantitative estimate of drug-likeness (QED) is 0.566. The predicted octanol–water partition coefficient (Wildman–Crippen LogP) is 5.82. The highest BCUT2D eigenvalue weighted by atomic mass is 79.9. The summed E-state index contributed by atoms with van der Waals surface area (Å²) in [5.41, 5.74) is 3.31. The van der Waals surface area contributed by atoms with Crippen LogP contribution in [-0.4, -0.2) is 30.1 Å². The van der Waals surface area contributed by atoms with E-state index in [2.05, 4.69) is 51.3 Å². The van der Waals surface area contributed by atoms with Gasteiger partial charge in [0.2, 0.25) is 0 Å². The smallest absolute Gasteiger partial charge is 0.317 e. The second kappa shape index (κ2) is 6.73. The van der Waals surface area contributed by atoms with Gasteiger partial charge in [0.1, 0.15) is 0 Å². The number of piperidine rings is 1. The molecule has 2 amide bonds. The van der Waals surface area contributed by atoms with Gasteiger partial charge in [-0.2, -0.15) is 0 Å². The fourth-order valence-electron chi connectivity index (χ4n) is 8.30. The number of halogens is 1. The van der Waals surface area contributed by atoms with E-state index >= 15 is 0 Å². The molecule has 0 aromatic heterocycles. The first-order valence-corrected chi connectivity index (χ1v) is 12.7. The zero-order valence-corrected chi connectivity index (χ0v) is 19.1. The third-order valence-corrected chi connectivity index (χ3v) is 9.99. The Morgan fingerprint density at radius 1 is 1.07 bits per heavy atom. The molecular formula is C25H33BrN2O. The van der Waals surface area contributed by atoms with E-state index in [0.29, 0.717) is 12.0 Å². The second-order valence-corrected chi connectivity index (χ2v) is 11.8. The van der Waals surface area contributed by atoms with E-state index in [1.54, 1.807) is 0 Å². The Morgan fingerprint density at radius 2 is 1.72 bits per heavy atom. The van der Waals surface area contributed by atoms with Crippen LogP contribution in [0.1, 0.15) is 75.3 Å². The highest BCUT2D eigenvalue weighted by Crippen LogP contribution is 2.55. The molecule has 1 atom stereocenters.